The van der Waals surface area contributed by atoms with Gasteiger partial charge in [-0.25, -0.2) is 0 Å². The van der Waals surface area contributed by atoms with Crippen LogP contribution >= 0.6 is 0 Å². The fraction of sp³-hybridized carbons (Fsp3) is 0.353. The molecule has 1 N–H and O–H groups in total. The molecule has 0 aliphatic heterocycles. The number of aromatic nitrogens is 1. The maximum Gasteiger partial charge on any atom is 0.0954 e. The van der Waals surface area contributed by atoms with E-state index < -0.39 is 5.60 Å². The zero-order valence-corrected chi connectivity index (χ0v) is 11.0. The van der Waals surface area contributed by atoms with Crippen LogP contribution < -0.4 is 0 Å². The van der Waals surface area contributed by atoms with E-state index in [1.165, 1.54) is 5.56 Å². The summed E-state index contributed by atoms with van der Waals surface area (Å²) in [4.78, 5) is 4.36. The van der Waals surface area contributed by atoms with Gasteiger partial charge in [-0.15, -0.1) is 0 Å². The Bertz CT molecular complexity index is 552. The molecule has 1 aliphatic rings. The highest BCUT2D eigenvalue weighted by atomic mass is 16.3. The molecule has 3 rings (SSSR count). The average molecular weight is 253 g/mol. The molecule has 1 aromatic carbocycles. The molecule has 0 spiro atoms. The van der Waals surface area contributed by atoms with Gasteiger partial charge < -0.3 is 5.11 Å². The molecule has 0 saturated carbocycles. The Morgan fingerprint density at radius 1 is 1.05 bits per heavy atom. The van der Waals surface area contributed by atoms with Crippen molar-refractivity contribution in [3.63, 3.8) is 0 Å². The quantitative estimate of drug-likeness (QED) is 0.833. The van der Waals surface area contributed by atoms with Gasteiger partial charge in [-0.05, 0) is 48.9 Å². The van der Waals surface area contributed by atoms with Gasteiger partial charge in [0.2, 0.25) is 0 Å². The van der Waals surface area contributed by atoms with Gasteiger partial charge in [-0.3, -0.25) is 4.98 Å². The minimum absolute atomic E-state index is 0.602. The summed E-state index contributed by atoms with van der Waals surface area (Å²) < 4.78 is 0. The monoisotopic (exact) mass is 253 g/mol. The maximum atomic E-state index is 11.1. The predicted molar refractivity (Wildman–Crippen MR) is 75.8 cm³/mol. The highest BCUT2D eigenvalue weighted by molar-refractivity contribution is 5.34. The Balaban J connectivity index is 1.98. The van der Waals surface area contributed by atoms with E-state index >= 15 is 0 Å². The van der Waals surface area contributed by atoms with Crippen molar-refractivity contribution in [2.75, 3.05) is 0 Å². The maximum absolute atomic E-state index is 11.1. The molecule has 0 amide bonds. The first-order valence-corrected chi connectivity index (χ1v) is 6.99. The molecule has 0 fully saturated rings. The molecule has 1 atom stereocenters. The van der Waals surface area contributed by atoms with E-state index in [4.69, 9.17) is 0 Å². The average Bonchev–Trinajstić information content (AvgIpc) is 2.60. The summed E-state index contributed by atoms with van der Waals surface area (Å²) in [7, 11) is 0. The Labute approximate surface area is 114 Å². The van der Waals surface area contributed by atoms with Gasteiger partial charge in [0, 0.05) is 18.3 Å². The third kappa shape index (κ3) is 2.54. The third-order valence-electron chi connectivity index (χ3n) is 4.00. The molecule has 2 nitrogen and oxygen atoms in total. The molecule has 98 valence electrons. The first-order chi connectivity index (χ1) is 9.28. The van der Waals surface area contributed by atoms with Crippen molar-refractivity contribution in [3.8, 4) is 0 Å². The number of nitrogens with zero attached hydrogens (tertiary/aromatic N) is 1. The highest BCUT2D eigenvalue weighted by Gasteiger charge is 2.33. The second kappa shape index (κ2) is 5.14. The number of hydrogen-bond donors (Lipinski definition) is 1. The molecule has 1 unspecified atom stereocenters. The van der Waals surface area contributed by atoms with Crippen LogP contribution in [-0.4, -0.2) is 10.1 Å². The number of aliphatic hydroxyl groups is 1. The third-order valence-corrected chi connectivity index (χ3v) is 4.00. The normalized spacial score (nSPS) is 22.6. The number of hydrogen-bond acceptors (Lipinski definition) is 2. The fourth-order valence-corrected chi connectivity index (χ4v) is 3.05. The van der Waals surface area contributed by atoms with E-state index in [0.29, 0.717) is 6.42 Å². The van der Waals surface area contributed by atoms with E-state index in [9.17, 15) is 5.11 Å². The molecule has 0 radical (unpaired) electrons. The van der Waals surface area contributed by atoms with E-state index in [1.54, 1.807) is 6.20 Å². The van der Waals surface area contributed by atoms with E-state index in [-0.39, 0.29) is 0 Å². The standard InChI is InChI=1S/C17H19NO/c19-17(13-15-9-4-6-12-18-15)11-5-3-8-14-7-1-2-10-16(14)17/h1-2,4,6-7,9-10,12,19H,3,5,8,11,13H2. The van der Waals surface area contributed by atoms with Gasteiger partial charge in [0.25, 0.3) is 0 Å². The molecule has 0 bridgehead atoms. The first-order valence-electron chi connectivity index (χ1n) is 6.99. The van der Waals surface area contributed by atoms with Crippen molar-refractivity contribution in [3.05, 3.63) is 65.5 Å². The van der Waals surface area contributed by atoms with Crippen LogP contribution in [0, 0.1) is 0 Å². The molecular formula is C17H19NO. The van der Waals surface area contributed by atoms with Crippen molar-refractivity contribution in [1.82, 2.24) is 4.98 Å². The number of benzene rings is 1. The van der Waals surface area contributed by atoms with E-state index in [1.807, 2.05) is 24.3 Å². The highest BCUT2D eigenvalue weighted by Crippen LogP contribution is 2.36. The minimum atomic E-state index is -0.762. The van der Waals surface area contributed by atoms with Crippen LogP contribution in [0.4, 0.5) is 0 Å². The zero-order valence-electron chi connectivity index (χ0n) is 11.0. The van der Waals surface area contributed by atoms with Gasteiger partial charge in [0.05, 0.1) is 5.60 Å². The van der Waals surface area contributed by atoms with Gasteiger partial charge in [0.1, 0.15) is 0 Å². The van der Waals surface area contributed by atoms with Crippen LogP contribution in [0.5, 0.6) is 0 Å². The zero-order chi connectivity index (χ0) is 13.1. The van der Waals surface area contributed by atoms with E-state index in [2.05, 4.69) is 23.2 Å². The van der Waals surface area contributed by atoms with Crippen LogP contribution in [0.25, 0.3) is 0 Å². The van der Waals surface area contributed by atoms with Gasteiger partial charge in [-0.2, -0.15) is 0 Å². The van der Waals surface area contributed by atoms with Crippen molar-refractivity contribution in [2.45, 2.75) is 37.7 Å². The lowest BCUT2D eigenvalue weighted by Gasteiger charge is -2.28. The van der Waals surface area contributed by atoms with Crippen molar-refractivity contribution >= 4 is 0 Å². The fourth-order valence-electron chi connectivity index (χ4n) is 3.05. The molecule has 2 heteroatoms. The summed E-state index contributed by atoms with van der Waals surface area (Å²) >= 11 is 0. The summed E-state index contributed by atoms with van der Waals surface area (Å²) in [6, 6.07) is 14.2. The SMILES string of the molecule is OC1(Cc2ccccn2)CCCCc2ccccc21. The van der Waals surface area contributed by atoms with Crippen LogP contribution in [0.1, 0.15) is 36.1 Å². The van der Waals surface area contributed by atoms with Crippen LogP contribution in [0.3, 0.4) is 0 Å². The smallest absolute Gasteiger partial charge is 0.0954 e. The minimum Gasteiger partial charge on any atom is -0.385 e. The molecule has 1 heterocycles. The lowest BCUT2D eigenvalue weighted by atomic mass is 9.84. The molecule has 19 heavy (non-hydrogen) atoms. The van der Waals surface area contributed by atoms with Crippen LogP contribution in [0.15, 0.2) is 48.7 Å². The second-order valence-corrected chi connectivity index (χ2v) is 5.39. The van der Waals surface area contributed by atoms with E-state index in [0.717, 1.165) is 36.9 Å². The number of rotatable bonds is 2. The number of aryl methyl sites for hydroxylation is 1. The summed E-state index contributed by atoms with van der Waals surface area (Å²) in [6.45, 7) is 0. The number of pyridine rings is 1. The Morgan fingerprint density at radius 2 is 1.89 bits per heavy atom. The first kappa shape index (κ1) is 12.4. The summed E-state index contributed by atoms with van der Waals surface area (Å²) in [5, 5.41) is 11.1. The Kier molecular flexibility index (Phi) is 3.34. The Morgan fingerprint density at radius 3 is 2.74 bits per heavy atom. The van der Waals surface area contributed by atoms with Crippen LogP contribution in [-0.2, 0) is 18.4 Å². The second-order valence-electron chi connectivity index (χ2n) is 5.39. The van der Waals surface area contributed by atoms with Crippen molar-refractivity contribution in [2.24, 2.45) is 0 Å². The molecule has 0 saturated heterocycles. The van der Waals surface area contributed by atoms with Crippen molar-refractivity contribution in [1.29, 1.82) is 0 Å². The number of fused-ring (bicyclic) bond motifs is 1. The molecule has 1 aliphatic carbocycles. The summed E-state index contributed by atoms with van der Waals surface area (Å²) in [6.07, 6.45) is 6.51. The Hall–Kier alpha value is -1.67. The van der Waals surface area contributed by atoms with Crippen molar-refractivity contribution < 1.29 is 5.11 Å². The van der Waals surface area contributed by atoms with Crippen LogP contribution in [0.2, 0.25) is 0 Å². The molecular weight excluding hydrogens is 234 g/mol. The lowest BCUT2D eigenvalue weighted by molar-refractivity contribution is 0.0262. The summed E-state index contributed by atoms with van der Waals surface area (Å²) in [5.41, 5.74) is 2.58. The van der Waals surface area contributed by atoms with Gasteiger partial charge in [0.15, 0.2) is 0 Å². The molecule has 2 aromatic rings. The van der Waals surface area contributed by atoms with Gasteiger partial charge >= 0.3 is 0 Å². The topological polar surface area (TPSA) is 33.1 Å². The lowest BCUT2D eigenvalue weighted by Crippen LogP contribution is -2.29. The predicted octanol–water partition coefficient (Wildman–Crippen LogP) is 3.24. The summed E-state index contributed by atoms with van der Waals surface area (Å²) in [5.74, 6) is 0. The molecule has 1 aromatic heterocycles. The van der Waals surface area contributed by atoms with Gasteiger partial charge in [-0.1, -0.05) is 30.3 Å². The largest absolute Gasteiger partial charge is 0.385 e.